The molecule has 6 rings (SSSR count). The number of carbonyl (C=O) groups is 3. The third-order valence-electron chi connectivity index (χ3n) is 9.84. The minimum absolute atomic E-state index is 0.0329. The van der Waals surface area contributed by atoms with Crippen molar-refractivity contribution >= 4 is 28.6 Å². The van der Waals surface area contributed by atoms with Gasteiger partial charge in [-0.05, 0) is 57.4 Å². The second-order valence-electron chi connectivity index (χ2n) is 12.1. The van der Waals surface area contributed by atoms with E-state index in [1.54, 1.807) is 6.26 Å². The van der Waals surface area contributed by atoms with Gasteiger partial charge in [0.15, 0.2) is 0 Å². The molecule has 0 unspecified atom stereocenters. The molecule has 2 saturated heterocycles. The van der Waals surface area contributed by atoms with Crippen LogP contribution in [0.15, 0.2) is 41.0 Å². The van der Waals surface area contributed by atoms with Gasteiger partial charge in [0.25, 0.3) is 0 Å². The van der Waals surface area contributed by atoms with Gasteiger partial charge >= 0.3 is 0 Å². The molecular formula is C33H43N5O5. The molecule has 2 aromatic heterocycles. The van der Waals surface area contributed by atoms with Crippen LogP contribution in [0.5, 0.6) is 0 Å². The van der Waals surface area contributed by atoms with Gasteiger partial charge in [0, 0.05) is 80.3 Å². The summed E-state index contributed by atoms with van der Waals surface area (Å²) in [6.45, 7) is 12.1. The van der Waals surface area contributed by atoms with Crippen molar-refractivity contribution in [3.8, 4) is 11.3 Å². The van der Waals surface area contributed by atoms with E-state index in [4.69, 9.17) is 9.15 Å². The van der Waals surface area contributed by atoms with Gasteiger partial charge in [0.2, 0.25) is 17.7 Å². The Balaban J connectivity index is 1.29. The highest BCUT2D eigenvalue weighted by atomic mass is 16.5. The van der Waals surface area contributed by atoms with Crippen LogP contribution in [0.25, 0.3) is 22.2 Å². The predicted molar refractivity (Wildman–Crippen MR) is 163 cm³/mol. The molecular weight excluding hydrogens is 546 g/mol. The van der Waals surface area contributed by atoms with Crippen LogP contribution in [0.4, 0.5) is 0 Å². The third-order valence-corrected chi connectivity index (χ3v) is 9.84. The number of fused-ring (bicyclic) bond motifs is 5. The Kier molecular flexibility index (Phi) is 8.33. The molecule has 0 bridgehead atoms. The summed E-state index contributed by atoms with van der Waals surface area (Å²) in [5.41, 5.74) is 3.16. The summed E-state index contributed by atoms with van der Waals surface area (Å²) in [5.74, 6) is -0.389. The van der Waals surface area contributed by atoms with E-state index in [1.807, 2.05) is 42.7 Å². The summed E-state index contributed by atoms with van der Waals surface area (Å²) >= 11 is 0. The highest BCUT2D eigenvalue weighted by molar-refractivity contribution is 5.93. The largest absolute Gasteiger partial charge is 0.464 e. The Morgan fingerprint density at radius 3 is 2.65 bits per heavy atom. The standard InChI is InChI=1S/C33H43N5O5/c1-4-37(5-2)32(41)26-19-23(21-29(39)34-11-13-36-14-17-42-18-15-36)31(40)38-12-10-25-24-9-8-22(28-7-6-16-43-28)20-27(24)35-30(25)33(26,38)3/h6-9,16,20,23,26,35H,4-5,10-15,17-19,21H2,1-3H3,(H,34,39)/t23-,26-,33+/m1/s1. The van der Waals surface area contributed by atoms with Crippen molar-refractivity contribution < 1.29 is 23.5 Å². The summed E-state index contributed by atoms with van der Waals surface area (Å²) in [7, 11) is 0. The van der Waals surface area contributed by atoms with Crippen molar-refractivity contribution in [2.24, 2.45) is 11.8 Å². The normalized spacial score (nSPS) is 24.1. The van der Waals surface area contributed by atoms with Crippen LogP contribution >= 0.6 is 0 Å². The molecule has 2 N–H and O–H groups in total. The predicted octanol–water partition coefficient (Wildman–Crippen LogP) is 3.37. The maximum Gasteiger partial charge on any atom is 0.228 e. The Morgan fingerprint density at radius 2 is 1.93 bits per heavy atom. The van der Waals surface area contributed by atoms with Gasteiger partial charge in [-0.3, -0.25) is 19.3 Å². The van der Waals surface area contributed by atoms with Crippen molar-refractivity contribution in [1.82, 2.24) is 25.0 Å². The number of rotatable bonds is 9. The van der Waals surface area contributed by atoms with E-state index >= 15 is 0 Å². The number of piperidine rings is 1. The molecule has 3 amide bonds. The van der Waals surface area contributed by atoms with Gasteiger partial charge in [-0.2, -0.15) is 0 Å². The fourth-order valence-corrected chi connectivity index (χ4v) is 7.41. The molecule has 3 aliphatic rings. The zero-order valence-electron chi connectivity index (χ0n) is 25.5. The molecule has 0 saturated carbocycles. The van der Waals surface area contributed by atoms with E-state index < -0.39 is 17.4 Å². The zero-order valence-corrected chi connectivity index (χ0v) is 25.5. The van der Waals surface area contributed by atoms with Crippen molar-refractivity contribution in [1.29, 1.82) is 0 Å². The maximum absolute atomic E-state index is 14.2. The average Bonchev–Trinajstić information content (AvgIpc) is 3.68. The maximum atomic E-state index is 14.2. The minimum Gasteiger partial charge on any atom is -0.464 e. The highest BCUT2D eigenvalue weighted by Crippen LogP contribution is 2.50. The first-order valence-electron chi connectivity index (χ1n) is 15.7. The lowest BCUT2D eigenvalue weighted by Crippen LogP contribution is -2.64. The molecule has 1 aromatic carbocycles. The van der Waals surface area contributed by atoms with E-state index in [-0.39, 0.29) is 24.1 Å². The number of morpholine rings is 1. The average molecular weight is 590 g/mol. The van der Waals surface area contributed by atoms with Crippen LogP contribution in [0, 0.1) is 11.8 Å². The van der Waals surface area contributed by atoms with E-state index in [9.17, 15) is 14.4 Å². The number of furan rings is 1. The quantitative estimate of drug-likeness (QED) is 0.396. The topological polar surface area (TPSA) is 111 Å². The number of hydrogen-bond acceptors (Lipinski definition) is 6. The lowest BCUT2D eigenvalue weighted by atomic mass is 9.67. The number of H-pyrrole nitrogens is 1. The smallest absolute Gasteiger partial charge is 0.228 e. The number of aromatic amines is 1. The van der Waals surface area contributed by atoms with Crippen LogP contribution in [0.3, 0.4) is 0 Å². The summed E-state index contributed by atoms with van der Waals surface area (Å²) < 4.78 is 11.0. The van der Waals surface area contributed by atoms with Gasteiger partial charge in [0.1, 0.15) is 5.76 Å². The van der Waals surface area contributed by atoms with Crippen molar-refractivity contribution in [2.75, 3.05) is 59.0 Å². The molecule has 3 aliphatic heterocycles. The third kappa shape index (κ3) is 5.35. The molecule has 10 heteroatoms. The van der Waals surface area contributed by atoms with Crippen LogP contribution in [0.1, 0.15) is 44.9 Å². The molecule has 230 valence electrons. The van der Waals surface area contributed by atoms with Crippen LogP contribution < -0.4 is 5.32 Å². The second kappa shape index (κ2) is 12.2. The Hall–Kier alpha value is -3.63. The zero-order chi connectivity index (χ0) is 30.1. The molecule has 0 radical (unpaired) electrons. The van der Waals surface area contributed by atoms with Gasteiger partial charge in [-0.1, -0.05) is 12.1 Å². The molecule has 3 aromatic rings. The van der Waals surface area contributed by atoms with E-state index in [2.05, 4.69) is 33.4 Å². The Labute approximate surface area is 252 Å². The number of amides is 3. The molecule has 10 nitrogen and oxygen atoms in total. The van der Waals surface area contributed by atoms with Crippen LogP contribution in [-0.2, 0) is 31.1 Å². The number of nitrogens with one attached hydrogen (secondary N) is 2. The highest BCUT2D eigenvalue weighted by Gasteiger charge is 2.57. The molecule has 0 spiro atoms. The fourth-order valence-electron chi connectivity index (χ4n) is 7.41. The van der Waals surface area contributed by atoms with Crippen LogP contribution in [-0.4, -0.2) is 96.4 Å². The number of ether oxygens (including phenoxy) is 1. The van der Waals surface area contributed by atoms with E-state index in [0.717, 1.165) is 53.1 Å². The number of nitrogens with zero attached hydrogens (tertiary/aromatic N) is 3. The van der Waals surface area contributed by atoms with Gasteiger partial charge in [-0.25, -0.2) is 0 Å². The second-order valence-corrected chi connectivity index (χ2v) is 12.1. The van der Waals surface area contributed by atoms with Gasteiger partial charge in [0.05, 0.1) is 30.9 Å². The monoisotopic (exact) mass is 589 g/mol. The lowest BCUT2D eigenvalue weighted by Gasteiger charge is -2.54. The summed E-state index contributed by atoms with van der Waals surface area (Å²) in [6, 6.07) is 10.1. The Morgan fingerprint density at radius 1 is 1.14 bits per heavy atom. The van der Waals surface area contributed by atoms with E-state index in [1.165, 1.54) is 0 Å². The first kappa shape index (κ1) is 29.4. The molecule has 43 heavy (non-hydrogen) atoms. The number of benzene rings is 1. The lowest BCUT2D eigenvalue weighted by molar-refractivity contribution is -0.164. The number of hydrogen-bond donors (Lipinski definition) is 2. The van der Waals surface area contributed by atoms with Crippen molar-refractivity contribution in [3.05, 3.63) is 47.9 Å². The fraction of sp³-hybridized carbons (Fsp3) is 0.545. The van der Waals surface area contributed by atoms with Gasteiger partial charge in [-0.15, -0.1) is 0 Å². The summed E-state index contributed by atoms with van der Waals surface area (Å²) in [5, 5.41) is 4.12. The molecule has 2 fully saturated rings. The minimum atomic E-state index is -0.850. The number of carbonyl (C=O) groups excluding carboxylic acids is 3. The number of aromatic nitrogens is 1. The molecule has 5 heterocycles. The SMILES string of the molecule is CCN(CC)C(=O)[C@H]1C[C@H](CC(=O)NCCN2CCOCC2)C(=O)N2CCc3c([nH]c4cc(-c5ccco5)ccc34)[C@]12C. The Bertz CT molecular complexity index is 1470. The van der Waals surface area contributed by atoms with Crippen molar-refractivity contribution in [3.63, 3.8) is 0 Å². The van der Waals surface area contributed by atoms with Crippen molar-refractivity contribution in [2.45, 2.75) is 45.6 Å². The summed E-state index contributed by atoms with van der Waals surface area (Å²) in [4.78, 5) is 51.0. The van der Waals surface area contributed by atoms with Gasteiger partial charge < -0.3 is 29.3 Å². The van der Waals surface area contributed by atoms with E-state index in [0.29, 0.717) is 52.2 Å². The van der Waals surface area contributed by atoms with Crippen LogP contribution in [0.2, 0.25) is 0 Å². The molecule has 0 aliphatic carbocycles. The first-order chi connectivity index (χ1) is 20.8. The first-order valence-corrected chi connectivity index (χ1v) is 15.7. The summed E-state index contributed by atoms with van der Waals surface area (Å²) in [6.07, 6.45) is 2.77. The molecule has 3 atom stereocenters.